The van der Waals surface area contributed by atoms with Crippen LogP contribution in [0.25, 0.3) is 0 Å². The zero-order chi connectivity index (χ0) is 13.8. The van der Waals surface area contributed by atoms with Crippen molar-refractivity contribution >= 4 is 17.7 Å². The van der Waals surface area contributed by atoms with Crippen molar-refractivity contribution in [3.05, 3.63) is 29.3 Å². The summed E-state index contributed by atoms with van der Waals surface area (Å²) in [6.07, 6.45) is 4.30. The molecule has 0 aliphatic heterocycles. The Hall–Kier alpha value is -2.04. The molecule has 1 aliphatic carbocycles. The number of amides is 2. The first-order valence-corrected chi connectivity index (χ1v) is 6.49. The number of carbonyl (C=O) groups is 2. The van der Waals surface area contributed by atoms with Gasteiger partial charge in [0.05, 0.1) is 0 Å². The van der Waals surface area contributed by atoms with Gasteiger partial charge >= 0.3 is 12.0 Å². The van der Waals surface area contributed by atoms with Crippen molar-refractivity contribution in [3.8, 4) is 0 Å². The van der Waals surface area contributed by atoms with E-state index in [0.29, 0.717) is 0 Å². The molecule has 3 N–H and O–H groups in total. The Morgan fingerprint density at radius 2 is 2.00 bits per heavy atom. The number of hydrogen-bond acceptors (Lipinski definition) is 2. The zero-order valence-corrected chi connectivity index (χ0v) is 10.9. The van der Waals surface area contributed by atoms with Crippen LogP contribution < -0.4 is 10.6 Å². The van der Waals surface area contributed by atoms with Crippen LogP contribution in [0.4, 0.5) is 10.5 Å². The lowest BCUT2D eigenvalue weighted by atomic mass is 9.90. The van der Waals surface area contributed by atoms with Gasteiger partial charge in [0, 0.05) is 5.69 Å². The standard InChI is InChI=1S/C14H18N2O3/c1-9(13(17)18)15-14(19)16-12-8-4-6-10-5-2-3-7-11(10)12/h4,6,8-9H,2-3,5,7H2,1H3,(H,17,18)(H2,15,16,19)/t9-/m1/s1. The number of hydrogen-bond donors (Lipinski definition) is 3. The lowest BCUT2D eigenvalue weighted by Crippen LogP contribution is -2.41. The molecule has 19 heavy (non-hydrogen) atoms. The zero-order valence-electron chi connectivity index (χ0n) is 10.9. The molecule has 0 heterocycles. The number of carbonyl (C=O) groups excluding carboxylic acids is 1. The molecule has 1 aromatic rings. The first kappa shape index (κ1) is 13.4. The van der Waals surface area contributed by atoms with E-state index in [4.69, 9.17) is 5.11 Å². The van der Waals surface area contributed by atoms with E-state index in [2.05, 4.69) is 16.7 Å². The fourth-order valence-electron chi connectivity index (χ4n) is 2.32. The fourth-order valence-corrected chi connectivity index (χ4v) is 2.32. The minimum Gasteiger partial charge on any atom is -0.480 e. The molecule has 1 aliphatic rings. The number of rotatable bonds is 3. The van der Waals surface area contributed by atoms with Crippen molar-refractivity contribution in [2.24, 2.45) is 0 Å². The Bertz CT molecular complexity index is 499. The molecule has 5 heteroatoms. The molecule has 0 radical (unpaired) electrons. The maximum Gasteiger partial charge on any atom is 0.325 e. The van der Waals surface area contributed by atoms with Gasteiger partial charge < -0.3 is 15.7 Å². The van der Waals surface area contributed by atoms with E-state index in [-0.39, 0.29) is 0 Å². The summed E-state index contributed by atoms with van der Waals surface area (Å²) in [6.45, 7) is 1.43. The number of nitrogens with one attached hydrogen (secondary N) is 2. The third-order valence-corrected chi connectivity index (χ3v) is 3.36. The summed E-state index contributed by atoms with van der Waals surface area (Å²) in [4.78, 5) is 22.4. The summed E-state index contributed by atoms with van der Waals surface area (Å²) >= 11 is 0. The van der Waals surface area contributed by atoms with E-state index < -0.39 is 18.0 Å². The van der Waals surface area contributed by atoms with Crippen molar-refractivity contribution in [3.63, 3.8) is 0 Å². The van der Waals surface area contributed by atoms with Crippen LogP contribution in [0.3, 0.4) is 0 Å². The SMILES string of the molecule is C[C@@H](NC(=O)Nc1cccc2c1CCCC2)C(=O)O. The van der Waals surface area contributed by atoms with Gasteiger partial charge in [0.25, 0.3) is 0 Å². The van der Waals surface area contributed by atoms with Crippen LogP contribution in [0.1, 0.15) is 30.9 Å². The average molecular weight is 262 g/mol. The van der Waals surface area contributed by atoms with E-state index in [1.54, 1.807) is 0 Å². The Balaban J connectivity index is 2.07. The number of anilines is 1. The Morgan fingerprint density at radius 1 is 1.26 bits per heavy atom. The highest BCUT2D eigenvalue weighted by atomic mass is 16.4. The second-order valence-electron chi connectivity index (χ2n) is 4.81. The molecule has 1 atom stereocenters. The second kappa shape index (κ2) is 5.73. The van der Waals surface area contributed by atoms with Crippen molar-refractivity contribution in [1.82, 2.24) is 5.32 Å². The Kier molecular flexibility index (Phi) is 4.04. The summed E-state index contributed by atoms with van der Waals surface area (Å²) in [6, 6.07) is 4.47. The number of carboxylic acids is 1. The van der Waals surface area contributed by atoms with Crippen molar-refractivity contribution in [2.75, 3.05) is 5.32 Å². The number of aryl methyl sites for hydroxylation is 1. The minimum absolute atomic E-state index is 0.478. The summed E-state index contributed by atoms with van der Waals surface area (Å²) in [7, 11) is 0. The third-order valence-electron chi connectivity index (χ3n) is 3.36. The maximum absolute atomic E-state index is 11.7. The quantitative estimate of drug-likeness (QED) is 0.781. The largest absolute Gasteiger partial charge is 0.480 e. The first-order chi connectivity index (χ1) is 9.08. The summed E-state index contributed by atoms with van der Waals surface area (Å²) < 4.78 is 0. The molecule has 0 fully saturated rings. The maximum atomic E-state index is 11.7. The Labute approximate surface area is 112 Å². The molecule has 2 rings (SSSR count). The van der Waals surface area contributed by atoms with Crippen LogP contribution in [0.5, 0.6) is 0 Å². The smallest absolute Gasteiger partial charge is 0.325 e. The van der Waals surface area contributed by atoms with E-state index in [9.17, 15) is 9.59 Å². The molecule has 0 aromatic heterocycles. The Morgan fingerprint density at radius 3 is 2.74 bits per heavy atom. The van der Waals surface area contributed by atoms with Crippen LogP contribution in [0.2, 0.25) is 0 Å². The van der Waals surface area contributed by atoms with Gasteiger partial charge in [0.2, 0.25) is 0 Å². The molecule has 0 unspecified atom stereocenters. The van der Waals surface area contributed by atoms with Crippen LogP contribution in [0, 0.1) is 0 Å². The molecule has 102 valence electrons. The average Bonchev–Trinajstić information content (AvgIpc) is 2.39. The predicted molar refractivity (Wildman–Crippen MR) is 72.3 cm³/mol. The normalized spacial score (nSPS) is 15.2. The van der Waals surface area contributed by atoms with Gasteiger partial charge in [-0.3, -0.25) is 4.79 Å². The number of benzene rings is 1. The number of urea groups is 1. The molecular formula is C14H18N2O3. The number of aliphatic carboxylic acids is 1. The number of fused-ring (bicyclic) bond motifs is 1. The summed E-state index contributed by atoms with van der Waals surface area (Å²) in [5.41, 5.74) is 3.23. The van der Waals surface area contributed by atoms with E-state index >= 15 is 0 Å². The van der Waals surface area contributed by atoms with Gasteiger partial charge in [-0.15, -0.1) is 0 Å². The van der Waals surface area contributed by atoms with Crippen molar-refractivity contribution in [1.29, 1.82) is 0 Å². The topological polar surface area (TPSA) is 78.4 Å². The molecule has 1 aromatic carbocycles. The van der Waals surface area contributed by atoms with Crippen LogP contribution in [-0.2, 0) is 17.6 Å². The molecule has 5 nitrogen and oxygen atoms in total. The molecule has 2 amide bonds. The van der Waals surface area contributed by atoms with E-state index in [1.165, 1.54) is 24.5 Å². The van der Waals surface area contributed by atoms with E-state index in [0.717, 1.165) is 24.9 Å². The lowest BCUT2D eigenvalue weighted by Gasteiger charge is -2.20. The summed E-state index contributed by atoms with van der Waals surface area (Å²) in [5, 5.41) is 13.9. The highest BCUT2D eigenvalue weighted by Crippen LogP contribution is 2.27. The second-order valence-corrected chi connectivity index (χ2v) is 4.81. The van der Waals surface area contributed by atoms with Gasteiger partial charge in [-0.05, 0) is 49.8 Å². The molecular weight excluding hydrogens is 244 g/mol. The molecule has 0 spiro atoms. The summed E-state index contributed by atoms with van der Waals surface area (Å²) in [5.74, 6) is -1.05. The van der Waals surface area contributed by atoms with Crippen molar-refractivity contribution in [2.45, 2.75) is 38.6 Å². The highest BCUT2D eigenvalue weighted by Gasteiger charge is 2.17. The third kappa shape index (κ3) is 3.24. The fraction of sp³-hybridized carbons (Fsp3) is 0.429. The van der Waals surface area contributed by atoms with Crippen LogP contribution >= 0.6 is 0 Å². The molecule has 0 saturated carbocycles. The molecule has 0 bridgehead atoms. The van der Waals surface area contributed by atoms with Crippen LogP contribution in [-0.4, -0.2) is 23.1 Å². The predicted octanol–water partition coefficient (Wildman–Crippen LogP) is 2.16. The van der Waals surface area contributed by atoms with Crippen molar-refractivity contribution < 1.29 is 14.7 Å². The van der Waals surface area contributed by atoms with Gasteiger partial charge in [-0.25, -0.2) is 4.79 Å². The monoisotopic (exact) mass is 262 g/mol. The lowest BCUT2D eigenvalue weighted by molar-refractivity contribution is -0.138. The van der Waals surface area contributed by atoms with Crippen LogP contribution in [0.15, 0.2) is 18.2 Å². The van der Waals surface area contributed by atoms with E-state index in [1.807, 2.05) is 12.1 Å². The van der Waals surface area contributed by atoms with Gasteiger partial charge in [-0.2, -0.15) is 0 Å². The van der Waals surface area contributed by atoms with Gasteiger partial charge in [0.15, 0.2) is 0 Å². The highest BCUT2D eigenvalue weighted by molar-refractivity contribution is 5.93. The van der Waals surface area contributed by atoms with Gasteiger partial charge in [-0.1, -0.05) is 12.1 Å². The first-order valence-electron chi connectivity index (χ1n) is 6.49. The number of carboxylic acid groups (broad SMARTS) is 1. The molecule has 0 saturated heterocycles. The van der Waals surface area contributed by atoms with Gasteiger partial charge in [0.1, 0.15) is 6.04 Å². The minimum atomic E-state index is -1.05.